The van der Waals surface area contributed by atoms with Crippen LogP contribution in [-0.2, 0) is 4.74 Å². The van der Waals surface area contributed by atoms with Gasteiger partial charge in [0.25, 0.3) is 5.91 Å². The molecule has 8 nitrogen and oxygen atoms in total. The lowest BCUT2D eigenvalue weighted by Gasteiger charge is -2.37. The minimum absolute atomic E-state index is 0.103. The molecule has 4 rings (SSSR count). The predicted molar refractivity (Wildman–Crippen MR) is 98.7 cm³/mol. The van der Waals surface area contributed by atoms with Crippen LogP contribution in [0.15, 0.2) is 42.7 Å². The number of carbonyl (C=O) groups is 2. The average Bonchev–Trinajstić information content (AvgIpc) is 2.96. The van der Waals surface area contributed by atoms with Gasteiger partial charge in [-0.3, -0.25) is 4.79 Å². The zero-order valence-corrected chi connectivity index (χ0v) is 15.1. The maximum atomic E-state index is 12.7. The van der Waals surface area contributed by atoms with Gasteiger partial charge in [0.2, 0.25) is 5.95 Å². The number of para-hydroxylation sites is 1. The molecule has 2 amide bonds. The fourth-order valence-corrected chi connectivity index (χ4v) is 3.51. The summed E-state index contributed by atoms with van der Waals surface area (Å²) >= 11 is 0. The number of likely N-dealkylation sites (tertiary alicyclic amines) is 1. The molecule has 0 bridgehead atoms. The fraction of sp³-hybridized carbons (Fsp3) is 0.368. The van der Waals surface area contributed by atoms with Crippen molar-refractivity contribution >= 4 is 23.6 Å². The van der Waals surface area contributed by atoms with Crippen LogP contribution in [0.1, 0.15) is 23.2 Å². The number of anilines is 2. The van der Waals surface area contributed by atoms with Crippen molar-refractivity contribution in [2.24, 2.45) is 0 Å². The summed E-state index contributed by atoms with van der Waals surface area (Å²) in [5, 5.41) is 3.09. The number of hydrogen-bond acceptors (Lipinski definition) is 6. The molecule has 2 fully saturated rings. The molecule has 0 saturated carbocycles. The number of nitrogens with one attached hydrogen (secondary N) is 1. The summed E-state index contributed by atoms with van der Waals surface area (Å²) < 4.78 is 5.52. The number of carbonyl (C=O) groups excluding carboxylic acids is 2. The Balaban J connectivity index is 1.37. The summed E-state index contributed by atoms with van der Waals surface area (Å²) in [6, 6.07) is 9.60. The lowest BCUT2D eigenvalue weighted by Crippen LogP contribution is -2.48. The molecule has 27 heavy (non-hydrogen) atoms. The van der Waals surface area contributed by atoms with Gasteiger partial charge in [0.05, 0.1) is 12.1 Å². The maximum Gasteiger partial charge on any atom is 0.410 e. The van der Waals surface area contributed by atoms with Crippen LogP contribution < -0.4 is 5.32 Å². The fourth-order valence-electron chi connectivity index (χ4n) is 3.51. The van der Waals surface area contributed by atoms with Gasteiger partial charge in [0.1, 0.15) is 5.60 Å². The van der Waals surface area contributed by atoms with Crippen LogP contribution in [0.25, 0.3) is 0 Å². The van der Waals surface area contributed by atoms with E-state index in [4.69, 9.17) is 4.74 Å². The molecule has 1 aromatic heterocycles. The number of amides is 2. The summed E-state index contributed by atoms with van der Waals surface area (Å²) in [5.74, 6) is 0.338. The minimum Gasteiger partial charge on any atom is -0.441 e. The van der Waals surface area contributed by atoms with Crippen LogP contribution in [0.3, 0.4) is 0 Å². The SMILES string of the molecule is CN1CC2(CCN(C(=O)c3cnc(Nc4ccccc4)nc3)CC2)OC1=O. The van der Waals surface area contributed by atoms with Crippen LogP contribution in [0, 0.1) is 0 Å². The quantitative estimate of drug-likeness (QED) is 0.895. The first-order chi connectivity index (χ1) is 13.0. The van der Waals surface area contributed by atoms with Crippen LogP contribution in [-0.4, -0.2) is 64.1 Å². The van der Waals surface area contributed by atoms with Crippen molar-refractivity contribution in [2.75, 3.05) is 32.0 Å². The second kappa shape index (κ2) is 6.86. The highest BCUT2D eigenvalue weighted by atomic mass is 16.6. The van der Waals surface area contributed by atoms with Gasteiger partial charge in [-0.05, 0) is 12.1 Å². The molecule has 0 atom stereocenters. The van der Waals surface area contributed by atoms with E-state index in [0.717, 1.165) is 5.69 Å². The van der Waals surface area contributed by atoms with Gasteiger partial charge in [-0.2, -0.15) is 0 Å². The summed E-state index contributed by atoms with van der Waals surface area (Å²) in [5.41, 5.74) is 0.877. The van der Waals surface area contributed by atoms with Gasteiger partial charge in [0.15, 0.2) is 0 Å². The van der Waals surface area contributed by atoms with E-state index >= 15 is 0 Å². The van der Waals surface area contributed by atoms with Gasteiger partial charge in [-0.1, -0.05) is 18.2 Å². The van der Waals surface area contributed by atoms with Crippen molar-refractivity contribution in [2.45, 2.75) is 18.4 Å². The maximum absolute atomic E-state index is 12.7. The van der Waals surface area contributed by atoms with E-state index in [1.54, 1.807) is 16.8 Å². The molecule has 1 aromatic carbocycles. The largest absolute Gasteiger partial charge is 0.441 e. The molecule has 0 aliphatic carbocycles. The third-order valence-electron chi connectivity index (χ3n) is 5.03. The third-order valence-corrected chi connectivity index (χ3v) is 5.03. The molecule has 0 radical (unpaired) electrons. The summed E-state index contributed by atoms with van der Waals surface area (Å²) in [4.78, 5) is 36.2. The third kappa shape index (κ3) is 3.55. The van der Waals surface area contributed by atoms with Crippen molar-refractivity contribution < 1.29 is 14.3 Å². The zero-order chi connectivity index (χ0) is 18.9. The number of piperidine rings is 1. The van der Waals surface area contributed by atoms with E-state index < -0.39 is 5.60 Å². The van der Waals surface area contributed by atoms with Crippen molar-refractivity contribution in [3.63, 3.8) is 0 Å². The Morgan fingerprint density at radius 3 is 2.41 bits per heavy atom. The lowest BCUT2D eigenvalue weighted by atomic mass is 9.91. The average molecular weight is 367 g/mol. The Hall–Kier alpha value is -3.16. The highest BCUT2D eigenvalue weighted by molar-refractivity contribution is 5.93. The molecule has 1 spiro atoms. The van der Waals surface area contributed by atoms with E-state index in [1.807, 2.05) is 30.3 Å². The monoisotopic (exact) mass is 367 g/mol. The molecule has 2 saturated heterocycles. The van der Waals surface area contributed by atoms with E-state index in [2.05, 4.69) is 15.3 Å². The molecular formula is C19H21N5O3. The first-order valence-corrected chi connectivity index (χ1v) is 8.92. The number of likely N-dealkylation sites (N-methyl/N-ethyl adjacent to an activating group) is 1. The van der Waals surface area contributed by atoms with Gasteiger partial charge in [0, 0.05) is 51.1 Å². The number of hydrogen-bond donors (Lipinski definition) is 1. The molecule has 2 aliphatic heterocycles. The number of benzene rings is 1. The number of ether oxygens (including phenoxy) is 1. The Labute approximate surface area is 157 Å². The van der Waals surface area contributed by atoms with E-state index in [0.29, 0.717) is 44.0 Å². The highest BCUT2D eigenvalue weighted by Gasteiger charge is 2.46. The molecule has 8 heteroatoms. The van der Waals surface area contributed by atoms with E-state index in [1.165, 1.54) is 12.4 Å². The first-order valence-electron chi connectivity index (χ1n) is 8.92. The highest BCUT2D eigenvalue weighted by Crippen LogP contribution is 2.32. The Morgan fingerprint density at radius 2 is 1.81 bits per heavy atom. The number of nitrogens with zero attached hydrogens (tertiary/aromatic N) is 4. The normalized spacial score (nSPS) is 18.5. The van der Waals surface area contributed by atoms with Crippen molar-refractivity contribution in [1.29, 1.82) is 0 Å². The summed E-state index contributed by atoms with van der Waals surface area (Å²) in [6.07, 6.45) is 4.07. The molecule has 3 heterocycles. The van der Waals surface area contributed by atoms with Crippen molar-refractivity contribution in [3.8, 4) is 0 Å². The van der Waals surface area contributed by atoms with Crippen LogP contribution in [0.2, 0.25) is 0 Å². The number of rotatable bonds is 3. The lowest BCUT2D eigenvalue weighted by molar-refractivity contribution is 0.00315. The predicted octanol–water partition coefficient (Wildman–Crippen LogP) is 2.28. The zero-order valence-electron chi connectivity index (χ0n) is 15.1. The topological polar surface area (TPSA) is 87.7 Å². The minimum atomic E-state index is -0.456. The van der Waals surface area contributed by atoms with Crippen molar-refractivity contribution in [1.82, 2.24) is 19.8 Å². The second-order valence-corrected chi connectivity index (χ2v) is 6.99. The van der Waals surface area contributed by atoms with Crippen LogP contribution >= 0.6 is 0 Å². The standard InChI is InChI=1S/C19H21N5O3/c1-23-13-19(27-18(23)26)7-9-24(10-8-19)16(25)14-11-20-17(21-12-14)22-15-5-3-2-4-6-15/h2-6,11-12H,7-10,13H2,1H3,(H,20,21,22). The summed E-state index contributed by atoms with van der Waals surface area (Å²) in [7, 11) is 1.73. The Bertz CT molecular complexity index is 832. The molecule has 2 aliphatic rings. The Kier molecular flexibility index (Phi) is 4.39. The number of aromatic nitrogens is 2. The van der Waals surface area contributed by atoms with E-state index in [9.17, 15) is 9.59 Å². The van der Waals surface area contributed by atoms with Gasteiger partial charge in [-0.15, -0.1) is 0 Å². The van der Waals surface area contributed by atoms with Crippen molar-refractivity contribution in [3.05, 3.63) is 48.3 Å². The molecule has 1 N–H and O–H groups in total. The molecule has 140 valence electrons. The van der Waals surface area contributed by atoms with Crippen LogP contribution in [0.4, 0.5) is 16.4 Å². The summed E-state index contributed by atoms with van der Waals surface area (Å²) in [6.45, 7) is 1.67. The van der Waals surface area contributed by atoms with Crippen LogP contribution in [0.5, 0.6) is 0 Å². The molecule has 2 aromatic rings. The molecular weight excluding hydrogens is 346 g/mol. The molecule has 0 unspecified atom stereocenters. The van der Waals surface area contributed by atoms with Gasteiger partial charge >= 0.3 is 6.09 Å². The smallest absolute Gasteiger partial charge is 0.410 e. The van der Waals surface area contributed by atoms with E-state index in [-0.39, 0.29) is 12.0 Å². The Morgan fingerprint density at radius 1 is 1.15 bits per heavy atom. The van der Waals surface area contributed by atoms with Gasteiger partial charge in [-0.25, -0.2) is 14.8 Å². The second-order valence-electron chi connectivity index (χ2n) is 6.99. The first kappa shape index (κ1) is 17.3. The van der Waals surface area contributed by atoms with Gasteiger partial charge < -0.3 is 19.9 Å².